The first-order valence-electron chi connectivity index (χ1n) is 13.4. The molecule has 0 radical (unpaired) electrons. The van der Waals surface area contributed by atoms with Crippen LogP contribution in [0, 0.1) is 0 Å². The summed E-state index contributed by atoms with van der Waals surface area (Å²) >= 11 is 0. The van der Waals surface area contributed by atoms with Crippen LogP contribution >= 0.6 is 0 Å². The van der Waals surface area contributed by atoms with E-state index in [0.717, 1.165) is 17.5 Å². The number of amides is 3. The van der Waals surface area contributed by atoms with Gasteiger partial charge in [-0.05, 0) is 92.6 Å². The summed E-state index contributed by atoms with van der Waals surface area (Å²) in [5.74, 6) is -0.141. The molecule has 7 heteroatoms. The van der Waals surface area contributed by atoms with Crippen molar-refractivity contribution in [1.29, 1.82) is 0 Å². The molecule has 1 heterocycles. The van der Waals surface area contributed by atoms with Crippen molar-refractivity contribution in [2.75, 3.05) is 17.2 Å². The minimum absolute atomic E-state index is 0.202. The van der Waals surface area contributed by atoms with E-state index in [1.165, 1.54) is 5.56 Å². The molecular weight excluding hydrogens is 490 g/mol. The molecule has 1 atom stereocenters. The second-order valence-electron chi connectivity index (χ2n) is 11.2. The first-order chi connectivity index (χ1) is 18.5. The Morgan fingerprint density at radius 1 is 0.821 bits per heavy atom. The number of rotatable bonds is 6. The van der Waals surface area contributed by atoms with E-state index in [-0.39, 0.29) is 17.9 Å². The van der Waals surface area contributed by atoms with Gasteiger partial charge in [-0.2, -0.15) is 0 Å². The molecule has 204 valence electrons. The fraction of sp³-hybridized carbons (Fsp3) is 0.344. The minimum Gasteiger partial charge on any atom is -0.456 e. The van der Waals surface area contributed by atoms with Crippen molar-refractivity contribution in [3.8, 4) is 11.1 Å². The Morgan fingerprint density at radius 3 is 1.92 bits per heavy atom. The minimum atomic E-state index is -0.547. The normalized spacial score (nSPS) is 15.2. The number of anilines is 2. The van der Waals surface area contributed by atoms with Crippen LogP contribution in [-0.4, -0.2) is 41.0 Å². The lowest BCUT2D eigenvalue weighted by Crippen LogP contribution is -2.45. The van der Waals surface area contributed by atoms with Crippen LogP contribution in [0.3, 0.4) is 0 Å². The molecule has 1 aliphatic heterocycles. The summed E-state index contributed by atoms with van der Waals surface area (Å²) in [6.45, 7) is 10.3. The fourth-order valence-corrected chi connectivity index (χ4v) is 4.54. The third-order valence-electron chi connectivity index (χ3n) is 6.65. The Morgan fingerprint density at radius 2 is 1.36 bits per heavy atom. The van der Waals surface area contributed by atoms with E-state index in [1.54, 1.807) is 17.0 Å². The summed E-state index contributed by atoms with van der Waals surface area (Å²) in [4.78, 5) is 39.9. The Labute approximate surface area is 230 Å². The average Bonchev–Trinajstić information content (AvgIpc) is 3.39. The van der Waals surface area contributed by atoms with E-state index in [9.17, 15) is 14.4 Å². The van der Waals surface area contributed by atoms with E-state index < -0.39 is 11.6 Å². The smallest absolute Gasteiger partial charge is 0.338 e. The largest absolute Gasteiger partial charge is 0.456 e. The number of carbonyl (C=O) groups is 3. The maximum absolute atomic E-state index is 13.1. The standard InChI is InChI=1S/C32H37N3O4/c1-21(2)22-12-16-27(17-13-22)34-31(38)35-20-6-7-28(35)29(36)33-26-18-14-24(15-19-26)23-8-10-25(11-9-23)30(37)39-32(3,4)5/h8-19,21,28H,6-7,20H2,1-5H3,(H,33,36)(H,34,38)/t28-/m1/s1. The Bertz CT molecular complexity index is 1310. The first-order valence-corrected chi connectivity index (χ1v) is 13.4. The predicted octanol–water partition coefficient (Wildman–Crippen LogP) is 7.07. The van der Waals surface area contributed by atoms with E-state index in [1.807, 2.05) is 81.4 Å². The number of carbonyl (C=O) groups excluding carboxylic acids is 3. The molecule has 7 nitrogen and oxygen atoms in total. The predicted molar refractivity (Wildman–Crippen MR) is 155 cm³/mol. The number of urea groups is 1. The second kappa shape index (κ2) is 11.7. The summed E-state index contributed by atoms with van der Waals surface area (Å²) in [5.41, 5.74) is 4.42. The van der Waals surface area contributed by atoms with Gasteiger partial charge in [0.2, 0.25) is 5.91 Å². The van der Waals surface area contributed by atoms with Crippen LogP contribution in [0.15, 0.2) is 72.8 Å². The molecule has 1 saturated heterocycles. The van der Waals surface area contributed by atoms with Crippen molar-refractivity contribution >= 4 is 29.3 Å². The van der Waals surface area contributed by atoms with Crippen LogP contribution in [0.1, 0.15) is 69.3 Å². The molecule has 1 fully saturated rings. The van der Waals surface area contributed by atoms with E-state index >= 15 is 0 Å². The third-order valence-corrected chi connectivity index (χ3v) is 6.65. The summed E-state index contributed by atoms with van der Waals surface area (Å²) in [5, 5.41) is 5.88. The van der Waals surface area contributed by atoms with E-state index in [4.69, 9.17) is 4.74 Å². The van der Waals surface area contributed by atoms with Crippen molar-refractivity contribution in [3.63, 3.8) is 0 Å². The summed E-state index contributed by atoms with van der Waals surface area (Å²) in [7, 11) is 0. The van der Waals surface area contributed by atoms with Crippen LogP contribution in [0.2, 0.25) is 0 Å². The van der Waals surface area contributed by atoms with Gasteiger partial charge in [-0.3, -0.25) is 4.79 Å². The molecule has 3 aromatic carbocycles. The number of nitrogens with zero attached hydrogens (tertiary/aromatic N) is 1. The zero-order valence-corrected chi connectivity index (χ0v) is 23.3. The number of hydrogen-bond donors (Lipinski definition) is 2. The van der Waals surface area contributed by atoms with Crippen molar-refractivity contribution in [3.05, 3.63) is 83.9 Å². The lowest BCUT2D eigenvalue weighted by atomic mass is 10.0. The maximum atomic E-state index is 13.1. The molecule has 0 aliphatic carbocycles. The van der Waals surface area contributed by atoms with Gasteiger partial charge in [0.25, 0.3) is 0 Å². The van der Waals surface area contributed by atoms with Gasteiger partial charge in [0.05, 0.1) is 5.56 Å². The molecule has 2 N–H and O–H groups in total. The van der Waals surface area contributed by atoms with Gasteiger partial charge in [-0.1, -0.05) is 50.2 Å². The lowest BCUT2D eigenvalue weighted by Gasteiger charge is -2.24. The molecule has 0 aromatic heterocycles. The Hall–Kier alpha value is -4.13. The average molecular weight is 528 g/mol. The molecule has 1 aliphatic rings. The van der Waals surface area contributed by atoms with Gasteiger partial charge < -0.3 is 20.3 Å². The maximum Gasteiger partial charge on any atom is 0.338 e. The summed E-state index contributed by atoms with van der Waals surface area (Å²) in [6, 6.07) is 21.8. The van der Waals surface area contributed by atoms with Gasteiger partial charge in [-0.25, -0.2) is 9.59 Å². The van der Waals surface area contributed by atoms with E-state index in [0.29, 0.717) is 35.8 Å². The molecule has 3 amide bonds. The fourth-order valence-electron chi connectivity index (χ4n) is 4.54. The zero-order chi connectivity index (χ0) is 28.2. The highest BCUT2D eigenvalue weighted by Crippen LogP contribution is 2.25. The van der Waals surface area contributed by atoms with Crippen LogP contribution in [0.5, 0.6) is 0 Å². The molecule has 0 spiro atoms. The highest BCUT2D eigenvalue weighted by Gasteiger charge is 2.34. The monoisotopic (exact) mass is 527 g/mol. The number of benzene rings is 3. The van der Waals surface area contributed by atoms with Crippen LogP contribution in [-0.2, 0) is 9.53 Å². The molecule has 3 aromatic rings. The zero-order valence-electron chi connectivity index (χ0n) is 23.3. The number of ether oxygens (including phenoxy) is 1. The van der Waals surface area contributed by atoms with Crippen molar-refractivity contribution in [2.45, 2.75) is 65.0 Å². The van der Waals surface area contributed by atoms with Crippen molar-refractivity contribution < 1.29 is 19.1 Å². The number of hydrogen-bond acceptors (Lipinski definition) is 4. The highest BCUT2D eigenvalue weighted by molar-refractivity contribution is 5.99. The molecular formula is C32H37N3O4. The van der Waals surface area contributed by atoms with E-state index in [2.05, 4.69) is 24.5 Å². The van der Waals surface area contributed by atoms with Gasteiger partial charge in [0.1, 0.15) is 11.6 Å². The van der Waals surface area contributed by atoms with Gasteiger partial charge in [0, 0.05) is 17.9 Å². The van der Waals surface area contributed by atoms with Crippen molar-refractivity contribution in [1.82, 2.24) is 4.90 Å². The van der Waals surface area contributed by atoms with Gasteiger partial charge in [0.15, 0.2) is 0 Å². The quantitative estimate of drug-likeness (QED) is 0.336. The van der Waals surface area contributed by atoms with Crippen LogP contribution in [0.25, 0.3) is 11.1 Å². The third kappa shape index (κ3) is 7.25. The first kappa shape index (κ1) is 27.9. The topological polar surface area (TPSA) is 87.7 Å². The Balaban J connectivity index is 1.35. The summed E-state index contributed by atoms with van der Waals surface area (Å²) < 4.78 is 5.42. The highest BCUT2D eigenvalue weighted by atomic mass is 16.6. The van der Waals surface area contributed by atoms with Gasteiger partial charge >= 0.3 is 12.0 Å². The molecule has 0 saturated carbocycles. The number of esters is 1. The molecule has 39 heavy (non-hydrogen) atoms. The number of nitrogens with one attached hydrogen (secondary N) is 2. The molecule has 0 unspecified atom stereocenters. The van der Waals surface area contributed by atoms with Crippen LogP contribution in [0.4, 0.5) is 16.2 Å². The number of likely N-dealkylation sites (tertiary alicyclic amines) is 1. The van der Waals surface area contributed by atoms with Gasteiger partial charge in [-0.15, -0.1) is 0 Å². The van der Waals surface area contributed by atoms with Crippen LogP contribution < -0.4 is 10.6 Å². The summed E-state index contributed by atoms with van der Waals surface area (Å²) in [6.07, 6.45) is 1.39. The molecule has 4 rings (SSSR count). The second-order valence-corrected chi connectivity index (χ2v) is 11.2. The SMILES string of the molecule is CC(C)c1ccc(NC(=O)N2CCC[C@@H]2C(=O)Nc2ccc(-c3ccc(C(=O)OC(C)(C)C)cc3)cc2)cc1. The Kier molecular flexibility index (Phi) is 8.38. The van der Waals surface area contributed by atoms with Crippen molar-refractivity contribution in [2.24, 2.45) is 0 Å². The lowest BCUT2D eigenvalue weighted by molar-refractivity contribution is -0.119. The molecule has 0 bridgehead atoms.